The van der Waals surface area contributed by atoms with Crippen LogP contribution in [0, 0.1) is 29.6 Å². The number of hydrogen-bond donors (Lipinski definition) is 2. The molecule has 134 valence electrons. The van der Waals surface area contributed by atoms with Crippen LogP contribution in [0.15, 0.2) is 29.2 Å². The number of ether oxygens (including phenoxy) is 1. The van der Waals surface area contributed by atoms with E-state index in [1.165, 1.54) is 19.1 Å². The molecular weight excluding hydrogens is 346 g/mol. The van der Waals surface area contributed by atoms with Crippen LogP contribution in [0.25, 0.3) is 0 Å². The average Bonchev–Trinajstić information content (AvgIpc) is 2.53. The Balaban J connectivity index is 2.46. The van der Waals surface area contributed by atoms with E-state index in [0.717, 1.165) is 5.56 Å². The first kappa shape index (κ1) is 20.5. The topological polar surface area (TPSA) is 137 Å². The molecule has 0 aliphatic heterocycles. The number of ketones is 1. The van der Waals surface area contributed by atoms with Crippen LogP contribution in [0.2, 0.25) is 0 Å². The van der Waals surface area contributed by atoms with Gasteiger partial charge in [-0.2, -0.15) is 5.26 Å². The van der Waals surface area contributed by atoms with Crippen LogP contribution < -0.4 is 4.72 Å². The predicted octanol–water partition coefficient (Wildman–Crippen LogP) is 0.955. The molecular formula is C16H19N3O5S. The summed E-state index contributed by atoms with van der Waals surface area (Å²) in [5.74, 6) is -2.71. The highest BCUT2D eigenvalue weighted by Gasteiger charge is 2.21. The number of esters is 1. The zero-order valence-electron chi connectivity index (χ0n) is 13.9. The van der Waals surface area contributed by atoms with Crippen LogP contribution in [-0.4, -0.2) is 39.0 Å². The van der Waals surface area contributed by atoms with E-state index < -0.39 is 34.3 Å². The Bertz CT molecular complexity index is 811. The normalized spacial score (nSPS) is 12.0. The fourth-order valence-corrected chi connectivity index (χ4v) is 3.01. The smallest absolute Gasteiger partial charge is 0.307 e. The Morgan fingerprint density at radius 3 is 2.64 bits per heavy atom. The van der Waals surface area contributed by atoms with Crippen molar-refractivity contribution >= 4 is 27.5 Å². The third-order valence-electron chi connectivity index (χ3n) is 3.18. The van der Waals surface area contributed by atoms with Crippen molar-refractivity contribution in [3.63, 3.8) is 0 Å². The zero-order chi connectivity index (χ0) is 19.0. The van der Waals surface area contributed by atoms with Crippen molar-refractivity contribution in [1.82, 2.24) is 4.72 Å². The molecule has 0 fully saturated rings. The maximum atomic E-state index is 12.1. The number of benzene rings is 1. The van der Waals surface area contributed by atoms with Crippen molar-refractivity contribution in [2.24, 2.45) is 5.92 Å². The first-order chi connectivity index (χ1) is 11.7. The number of carbonyl (C=O) groups is 2. The third-order valence-corrected chi connectivity index (χ3v) is 4.64. The maximum absolute atomic E-state index is 12.1. The first-order valence-electron chi connectivity index (χ1n) is 7.36. The zero-order valence-corrected chi connectivity index (χ0v) is 14.7. The van der Waals surface area contributed by atoms with E-state index in [1.54, 1.807) is 25.1 Å². The summed E-state index contributed by atoms with van der Waals surface area (Å²) in [7, 11) is -3.73. The molecule has 25 heavy (non-hydrogen) atoms. The molecule has 1 rings (SSSR count). The number of sulfonamides is 1. The predicted molar refractivity (Wildman–Crippen MR) is 89.5 cm³/mol. The molecule has 9 heteroatoms. The molecule has 1 atom stereocenters. The lowest BCUT2D eigenvalue weighted by atomic mass is 10.0. The molecule has 0 bridgehead atoms. The number of aryl methyl sites for hydroxylation is 1. The molecule has 0 saturated heterocycles. The van der Waals surface area contributed by atoms with Gasteiger partial charge in [0, 0.05) is 12.3 Å². The van der Waals surface area contributed by atoms with E-state index in [0.29, 0.717) is 0 Å². The summed E-state index contributed by atoms with van der Waals surface area (Å²) in [6.45, 7) is 2.26. The number of rotatable bonds is 9. The number of nitrogens with zero attached hydrogens (tertiary/aromatic N) is 1. The van der Waals surface area contributed by atoms with Gasteiger partial charge in [-0.1, -0.05) is 12.1 Å². The summed E-state index contributed by atoms with van der Waals surface area (Å²) in [4.78, 5) is 23.3. The Kier molecular flexibility index (Phi) is 7.42. The van der Waals surface area contributed by atoms with Crippen molar-refractivity contribution in [1.29, 1.82) is 10.7 Å². The molecule has 0 aliphatic rings. The molecule has 0 heterocycles. The molecule has 0 saturated carbocycles. The monoisotopic (exact) mass is 365 g/mol. The lowest BCUT2D eigenvalue weighted by Crippen LogP contribution is -2.28. The molecule has 1 aromatic carbocycles. The quantitative estimate of drug-likeness (QED) is 0.494. The van der Waals surface area contributed by atoms with Gasteiger partial charge < -0.3 is 10.1 Å². The Morgan fingerprint density at radius 2 is 2.08 bits per heavy atom. The van der Waals surface area contributed by atoms with Gasteiger partial charge in [-0.25, -0.2) is 13.1 Å². The van der Waals surface area contributed by atoms with Crippen molar-refractivity contribution in [2.45, 2.75) is 25.2 Å². The lowest BCUT2D eigenvalue weighted by molar-refractivity contribution is -0.148. The van der Waals surface area contributed by atoms with Gasteiger partial charge in [0.25, 0.3) is 0 Å². The highest BCUT2D eigenvalue weighted by Crippen LogP contribution is 2.10. The molecule has 0 spiro atoms. The van der Waals surface area contributed by atoms with E-state index in [4.69, 9.17) is 15.4 Å². The van der Waals surface area contributed by atoms with Gasteiger partial charge in [0.2, 0.25) is 10.0 Å². The minimum atomic E-state index is -3.73. The van der Waals surface area contributed by atoms with Crippen LogP contribution in [-0.2, 0) is 24.3 Å². The minimum Gasteiger partial charge on any atom is -0.458 e. The van der Waals surface area contributed by atoms with Crippen LogP contribution in [0.5, 0.6) is 0 Å². The van der Waals surface area contributed by atoms with Gasteiger partial charge in [-0.3, -0.25) is 9.59 Å². The van der Waals surface area contributed by atoms with Crippen molar-refractivity contribution in [3.05, 3.63) is 29.8 Å². The van der Waals surface area contributed by atoms with E-state index in [1.807, 2.05) is 0 Å². The van der Waals surface area contributed by atoms with Crippen LogP contribution >= 0.6 is 0 Å². The number of nitrogens with one attached hydrogen (secondary N) is 2. The molecule has 0 aromatic heterocycles. The molecule has 1 aromatic rings. The number of Topliss-reactive ketones (excluding diaryl/α,β-unsaturated/α-hetero) is 1. The second-order valence-electron chi connectivity index (χ2n) is 5.34. The summed E-state index contributed by atoms with van der Waals surface area (Å²) < 4.78 is 31.1. The van der Waals surface area contributed by atoms with Gasteiger partial charge in [0.15, 0.2) is 12.4 Å². The average molecular weight is 365 g/mol. The van der Waals surface area contributed by atoms with Gasteiger partial charge in [0.05, 0.1) is 17.4 Å². The highest BCUT2D eigenvalue weighted by atomic mass is 32.2. The number of nitriles is 1. The van der Waals surface area contributed by atoms with Crippen LogP contribution in [0.4, 0.5) is 0 Å². The van der Waals surface area contributed by atoms with Crippen molar-refractivity contribution < 1.29 is 22.7 Å². The SMILES string of the molecule is CC(=N)[C@@H](C#N)C(=O)COC(=O)CCNS(=O)(=O)c1cccc(C)c1. The fraction of sp³-hybridized carbons (Fsp3) is 0.375. The van der Waals surface area contributed by atoms with E-state index >= 15 is 0 Å². The molecule has 8 nitrogen and oxygen atoms in total. The Hall–Kier alpha value is -2.57. The second-order valence-corrected chi connectivity index (χ2v) is 7.10. The van der Waals surface area contributed by atoms with E-state index in [-0.39, 0.29) is 23.6 Å². The minimum absolute atomic E-state index is 0.0920. The molecule has 0 aliphatic carbocycles. The van der Waals surface area contributed by atoms with E-state index in [2.05, 4.69) is 4.72 Å². The van der Waals surface area contributed by atoms with Crippen LogP contribution in [0.3, 0.4) is 0 Å². The summed E-state index contributed by atoms with van der Waals surface area (Å²) in [5, 5.41) is 16.0. The Labute approximate surface area is 146 Å². The number of carbonyl (C=O) groups excluding carboxylic acids is 2. The molecule has 2 N–H and O–H groups in total. The lowest BCUT2D eigenvalue weighted by Gasteiger charge is -2.09. The van der Waals surface area contributed by atoms with Gasteiger partial charge in [-0.05, 0) is 31.5 Å². The molecule has 0 radical (unpaired) electrons. The standard InChI is InChI=1S/C16H19N3O5S/c1-11-4-3-5-13(8-11)25(22,23)19-7-6-16(21)24-10-15(20)14(9-17)12(2)18/h3-5,8,14,18-19H,6-7,10H2,1-2H3/t14-/m1/s1. The first-order valence-corrected chi connectivity index (χ1v) is 8.85. The number of hydrogen-bond acceptors (Lipinski definition) is 7. The van der Waals surface area contributed by atoms with Crippen molar-refractivity contribution in [2.75, 3.05) is 13.2 Å². The largest absolute Gasteiger partial charge is 0.458 e. The van der Waals surface area contributed by atoms with Crippen LogP contribution in [0.1, 0.15) is 18.9 Å². The maximum Gasteiger partial charge on any atom is 0.307 e. The summed E-state index contributed by atoms with van der Waals surface area (Å²) in [5.41, 5.74) is 0.656. The molecule has 0 amide bonds. The Morgan fingerprint density at radius 1 is 1.40 bits per heavy atom. The van der Waals surface area contributed by atoms with Gasteiger partial charge in [0.1, 0.15) is 5.92 Å². The third kappa shape index (κ3) is 6.45. The van der Waals surface area contributed by atoms with Gasteiger partial charge >= 0.3 is 5.97 Å². The van der Waals surface area contributed by atoms with Gasteiger partial charge in [-0.15, -0.1) is 0 Å². The van der Waals surface area contributed by atoms with Crippen molar-refractivity contribution in [3.8, 4) is 6.07 Å². The molecule has 0 unspecified atom stereocenters. The highest BCUT2D eigenvalue weighted by molar-refractivity contribution is 7.89. The van der Waals surface area contributed by atoms with E-state index in [9.17, 15) is 18.0 Å². The second kappa shape index (κ2) is 9.05. The summed E-state index contributed by atoms with van der Waals surface area (Å²) >= 11 is 0. The summed E-state index contributed by atoms with van der Waals surface area (Å²) in [6.07, 6.45) is -0.265. The summed E-state index contributed by atoms with van der Waals surface area (Å²) in [6, 6.07) is 7.97. The fourth-order valence-electron chi connectivity index (χ4n) is 1.87.